The smallest absolute Gasteiger partial charge is 0.123 e. The highest BCUT2D eigenvalue weighted by Gasteiger charge is 2.17. The zero-order chi connectivity index (χ0) is 14.0. The summed E-state index contributed by atoms with van der Waals surface area (Å²) in [5.41, 5.74) is 2.98. The SMILES string of the molecule is Cc1cc(F)ccc1NCc1csc(C(C)(C)C)n1. The van der Waals surface area contributed by atoms with Gasteiger partial charge in [0.05, 0.1) is 17.2 Å². The van der Waals surface area contributed by atoms with Crippen molar-refractivity contribution < 1.29 is 4.39 Å². The van der Waals surface area contributed by atoms with Crippen LogP contribution >= 0.6 is 11.3 Å². The van der Waals surface area contributed by atoms with Gasteiger partial charge in [-0.25, -0.2) is 9.37 Å². The van der Waals surface area contributed by atoms with Crippen molar-refractivity contribution in [1.82, 2.24) is 4.98 Å². The van der Waals surface area contributed by atoms with Crippen LogP contribution in [-0.4, -0.2) is 4.98 Å². The van der Waals surface area contributed by atoms with Gasteiger partial charge in [0.25, 0.3) is 0 Å². The van der Waals surface area contributed by atoms with Crippen molar-refractivity contribution in [2.45, 2.75) is 39.7 Å². The summed E-state index contributed by atoms with van der Waals surface area (Å²) in [4.78, 5) is 4.63. The molecule has 1 heterocycles. The number of nitrogens with zero attached hydrogens (tertiary/aromatic N) is 1. The van der Waals surface area contributed by atoms with Crippen LogP contribution in [0.15, 0.2) is 23.6 Å². The first-order valence-corrected chi connectivity index (χ1v) is 7.19. The van der Waals surface area contributed by atoms with Crippen LogP contribution in [0.1, 0.15) is 37.0 Å². The Morgan fingerprint density at radius 3 is 2.63 bits per heavy atom. The Balaban J connectivity index is 2.04. The minimum atomic E-state index is -0.202. The Bertz CT molecular complexity index is 570. The van der Waals surface area contributed by atoms with Crippen LogP contribution in [0.4, 0.5) is 10.1 Å². The Morgan fingerprint density at radius 1 is 1.32 bits per heavy atom. The molecule has 2 aromatic rings. The van der Waals surface area contributed by atoms with E-state index in [1.165, 1.54) is 12.1 Å². The Kier molecular flexibility index (Phi) is 3.90. The molecule has 0 unspecified atom stereocenters. The average molecular weight is 278 g/mol. The molecule has 2 nitrogen and oxygen atoms in total. The lowest BCUT2D eigenvalue weighted by Gasteiger charge is -2.13. The molecular weight excluding hydrogens is 259 g/mol. The molecule has 0 bridgehead atoms. The third-order valence-corrected chi connectivity index (χ3v) is 4.16. The van der Waals surface area contributed by atoms with E-state index in [1.54, 1.807) is 17.4 Å². The van der Waals surface area contributed by atoms with Gasteiger partial charge in [0.2, 0.25) is 0 Å². The predicted molar refractivity (Wildman–Crippen MR) is 79.3 cm³/mol. The van der Waals surface area contributed by atoms with Crippen molar-refractivity contribution >= 4 is 17.0 Å². The molecule has 0 saturated carbocycles. The zero-order valence-corrected chi connectivity index (χ0v) is 12.6. The number of aryl methyl sites for hydroxylation is 1. The molecule has 0 spiro atoms. The molecule has 0 aliphatic rings. The Hall–Kier alpha value is -1.42. The third kappa shape index (κ3) is 3.53. The number of benzene rings is 1. The van der Waals surface area contributed by atoms with E-state index in [2.05, 4.69) is 36.5 Å². The fourth-order valence-electron chi connectivity index (χ4n) is 1.74. The van der Waals surface area contributed by atoms with Crippen LogP contribution in [0.2, 0.25) is 0 Å². The van der Waals surface area contributed by atoms with Gasteiger partial charge in [-0.3, -0.25) is 0 Å². The summed E-state index contributed by atoms with van der Waals surface area (Å²) in [5.74, 6) is -0.202. The van der Waals surface area contributed by atoms with Crippen LogP contribution in [-0.2, 0) is 12.0 Å². The monoisotopic (exact) mass is 278 g/mol. The highest BCUT2D eigenvalue weighted by Crippen LogP contribution is 2.26. The maximum Gasteiger partial charge on any atom is 0.123 e. The first-order chi connectivity index (χ1) is 8.86. The van der Waals surface area contributed by atoms with Crippen LogP contribution < -0.4 is 5.32 Å². The van der Waals surface area contributed by atoms with Gasteiger partial charge in [-0.1, -0.05) is 20.8 Å². The molecule has 0 radical (unpaired) electrons. The second-order valence-electron chi connectivity index (χ2n) is 5.71. The predicted octanol–water partition coefficient (Wildman–Crippen LogP) is 4.50. The van der Waals surface area contributed by atoms with Gasteiger partial charge >= 0.3 is 0 Å². The van der Waals surface area contributed by atoms with Gasteiger partial charge in [0.1, 0.15) is 5.82 Å². The summed E-state index contributed by atoms with van der Waals surface area (Å²) in [7, 11) is 0. The minimum absolute atomic E-state index is 0.0920. The highest BCUT2D eigenvalue weighted by molar-refractivity contribution is 7.09. The summed E-state index contributed by atoms with van der Waals surface area (Å²) in [6.07, 6.45) is 0. The zero-order valence-electron chi connectivity index (χ0n) is 11.7. The molecule has 1 N–H and O–H groups in total. The van der Waals surface area contributed by atoms with Gasteiger partial charge in [0.15, 0.2) is 0 Å². The van der Waals surface area contributed by atoms with Crippen LogP contribution in [0, 0.1) is 12.7 Å². The molecule has 19 heavy (non-hydrogen) atoms. The number of thiazole rings is 1. The molecule has 4 heteroatoms. The normalized spacial score (nSPS) is 11.6. The topological polar surface area (TPSA) is 24.9 Å². The van der Waals surface area contributed by atoms with Crippen molar-refractivity contribution in [3.05, 3.63) is 45.7 Å². The minimum Gasteiger partial charge on any atom is -0.379 e. The lowest BCUT2D eigenvalue weighted by Crippen LogP contribution is -2.11. The van der Waals surface area contributed by atoms with Crippen molar-refractivity contribution in [2.75, 3.05) is 5.32 Å². The first kappa shape index (κ1) is 14.0. The fourth-order valence-corrected chi connectivity index (χ4v) is 2.65. The largest absolute Gasteiger partial charge is 0.379 e. The molecule has 102 valence electrons. The fraction of sp³-hybridized carbons (Fsp3) is 0.400. The number of nitrogens with one attached hydrogen (secondary N) is 1. The van der Waals surface area contributed by atoms with Crippen molar-refractivity contribution in [3.8, 4) is 0 Å². The van der Waals surface area contributed by atoms with Crippen LogP contribution in [0.5, 0.6) is 0 Å². The number of hydrogen-bond acceptors (Lipinski definition) is 3. The summed E-state index contributed by atoms with van der Waals surface area (Å²) < 4.78 is 13.0. The second-order valence-corrected chi connectivity index (χ2v) is 6.56. The Morgan fingerprint density at radius 2 is 2.05 bits per heavy atom. The molecule has 0 aliphatic heterocycles. The average Bonchev–Trinajstić information content (AvgIpc) is 2.76. The van der Waals surface area contributed by atoms with Crippen LogP contribution in [0.25, 0.3) is 0 Å². The van der Waals surface area contributed by atoms with E-state index < -0.39 is 0 Å². The first-order valence-electron chi connectivity index (χ1n) is 6.31. The van der Waals surface area contributed by atoms with Gasteiger partial charge < -0.3 is 5.32 Å². The van der Waals surface area contributed by atoms with E-state index in [0.717, 1.165) is 22.0 Å². The molecule has 0 amide bonds. The highest BCUT2D eigenvalue weighted by atomic mass is 32.1. The number of rotatable bonds is 3. The summed E-state index contributed by atoms with van der Waals surface area (Å²) in [6, 6.07) is 4.77. The number of hydrogen-bond donors (Lipinski definition) is 1. The van der Waals surface area contributed by atoms with Gasteiger partial charge in [0, 0.05) is 16.5 Å². The van der Waals surface area contributed by atoms with E-state index in [4.69, 9.17) is 0 Å². The number of anilines is 1. The number of aromatic nitrogens is 1. The van der Waals surface area contributed by atoms with Crippen LogP contribution in [0.3, 0.4) is 0 Å². The Labute approximate surface area is 117 Å². The van der Waals surface area contributed by atoms with Crippen molar-refractivity contribution in [2.24, 2.45) is 0 Å². The van der Waals surface area contributed by atoms with Gasteiger partial charge in [-0.15, -0.1) is 11.3 Å². The second kappa shape index (κ2) is 5.29. The van der Waals surface area contributed by atoms with Gasteiger partial charge in [-0.05, 0) is 30.7 Å². The van der Waals surface area contributed by atoms with Crippen molar-refractivity contribution in [3.63, 3.8) is 0 Å². The summed E-state index contributed by atoms with van der Waals surface area (Å²) in [6.45, 7) is 9.04. The lowest BCUT2D eigenvalue weighted by molar-refractivity contribution is 0.583. The lowest BCUT2D eigenvalue weighted by atomic mass is 9.98. The standard InChI is InChI=1S/C15H19FN2S/c1-10-7-11(16)5-6-13(10)17-8-12-9-19-14(18-12)15(2,3)4/h5-7,9,17H,8H2,1-4H3. The summed E-state index contributed by atoms with van der Waals surface area (Å²) >= 11 is 1.69. The number of halogens is 1. The van der Waals surface area contributed by atoms with E-state index in [-0.39, 0.29) is 11.2 Å². The van der Waals surface area contributed by atoms with E-state index >= 15 is 0 Å². The molecule has 0 aliphatic carbocycles. The molecule has 0 fully saturated rings. The third-order valence-electron chi connectivity index (χ3n) is 2.84. The molecular formula is C15H19FN2S. The van der Waals surface area contributed by atoms with Crippen molar-refractivity contribution in [1.29, 1.82) is 0 Å². The molecule has 1 aromatic heterocycles. The maximum absolute atomic E-state index is 13.0. The quantitative estimate of drug-likeness (QED) is 0.894. The maximum atomic E-state index is 13.0. The van der Waals surface area contributed by atoms with E-state index in [9.17, 15) is 4.39 Å². The van der Waals surface area contributed by atoms with Gasteiger partial charge in [-0.2, -0.15) is 0 Å². The molecule has 0 atom stereocenters. The molecule has 2 rings (SSSR count). The van der Waals surface area contributed by atoms with E-state index in [0.29, 0.717) is 6.54 Å². The van der Waals surface area contributed by atoms with E-state index in [1.807, 2.05) is 6.92 Å². The molecule has 1 aromatic carbocycles. The summed E-state index contributed by atoms with van der Waals surface area (Å²) in [5, 5.41) is 6.51. The molecule has 0 saturated heterocycles.